The Morgan fingerprint density at radius 1 is 1.32 bits per heavy atom. The van der Waals surface area contributed by atoms with E-state index in [1.54, 1.807) is 19.5 Å². The topological polar surface area (TPSA) is 96.8 Å². The number of aromatic nitrogens is 2. The summed E-state index contributed by atoms with van der Waals surface area (Å²) < 4.78 is 10.9. The van der Waals surface area contributed by atoms with Gasteiger partial charge in [0.15, 0.2) is 0 Å². The van der Waals surface area contributed by atoms with Crippen LogP contribution in [0.3, 0.4) is 0 Å². The molecule has 0 amide bonds. The van der Waals surface area contributed by atoms with Crippen LogP contribution >= 0.6 is 0 Å². The first-order valence-corrected chi connectivity index (χ1v) is 10.8. The lowest BCUT2D eigenvalue weighted by Crippen LogP contribution is -2.39. The molecule has 1 fully saturated rings. The highest BCUT2D eigenvalue weighted by atomic mass is 16.5. The highest BCUT2D eigenvalue weighted by molar-refractivity contribution is 5.77. The second-order valence-corrected chi connectivity index (χ2v) is 7.80. The molecule has 0 unspecified atom stereocenters. The summed E-state index contributed by atoms with van der Waals surface area (Å²) in [4.78, 5) is 22.4. The molecule has 2 aromatic rings. The highest BCUT2D eigenvalue weighted by Gasteiger charge is 2.24. The first-order chi connectivity index (χ1) is 15.0. The molecule has 1 aromatic heterocycles. The predicted molar refractivity (Wildman–Crippen MR) is 120 cm³/mol. The second kappa shape index (κ2) is 11.1. The van der Waals surface area contributed by atoms with Crippen LogP contribution in [0.4, 0.5) is 17.1 Å². The molecule has 0 aliphatic carbocycles. The Labute approximate surface area is 183 Å². The Morgan fingerprint density at radius 3 is 2.65 bits per heavy atom. The molecular formula is C23H32N4O4. The molecule has 3 rings (SSSR count). The van der Waals surface area contributed by atoms with Crippen LogP contribution in [0.25, 0.3) is 0 Å². The number of carbonyl (C=O) groups is 1. The largest absolute Gasteiger partial charge is 0.481 e. The van der Waals surface area contributed by atoms with Crippen molar-refractivity contribution in [1.82, 2.24) is 9.97 Å². The lowest BCUT2D eigenvalue weighted by Gasteiger charge is -2.36. The van der Waals surface area contributed by atoms with Crippen LogP contribution in [0.15, 0.2) is 30.6 Å². The van der Waals surface area contributed by atoms with Gasteiger partial charge in [0.2, 0.25) is 0 Å². The van der Waals surface area contributed by atoms with Gasteiger partial charge in [0.1, 0.15) is 5.82 Å². The van der Waals surface area contributed by atoms with Crippen LogP contribution in [0.1, 0.15) is 43.5 Å². The van der Waals surface area contributed by atoms with Gasteiger partial charge in [-0.05, 0) is 44.4 Å². The number of aliphatic carboxylic acids is 1. The molecule has 1 saturated heterocycles. The van der Waals surface area contributed by atoms with Crippen LogP contribution in [0.5, 0.6) is 0 Å². The third-order valence-corrected chi connectivity index (χ3v) is 5.62. The third-order valence-electron chi connectivity index (χ3n) is 5.62. The van der Waals surface area contributed by atoms with E-state index in [4.69, 9.17) is 9.47 Å². The smallest absolute Gasteiger partial charge is 0.304 e. The molecule has 0 saturated carbocycles. The number of hydrogen-bond acceptors (Lipinski definition) is 7. The van der Waals surface area contributed by atoms with E-state index in [-0.39, 0.29) is 12.3 Å². The van der Waals surface area contributed by atoms with E-state index in [0.717, 1.165) is 55.2 Å². The first-order valence-electron chi connectivity index (χ1n) is 10.8. The average molecular weight is 429 g/mol. The maximum absolute atomic E-state index is 11.4. The van der Waals surface area contributed by atoms with Gasteiger partial charge in [-0.3, -0.25) is 4.79 Å². The van der Waals surface area contributed by atoms with Crippen molar-refractivity contribution in [2.45, 2.75) is 45.1 Å². The Kier molecular flexibility index (Phi) is 8.20. The summed E-state index contributed by atoms with van der Waals surface area (Å²) >= 11 is 0. The number of anilines is 3. The van der Waals surface area contributed by atoms with E-state index >= 15 is 0 Å². The van der Waals surface area contributed by atoms with Crippen molar-refractivity contribution >= 4 is 23.0 Å². The van der Waals surface area contributed by atoms with Crippen LogP contribution in [0, 0.1) is 6.92 Å². The first kappa shape index (κ1) is 23.0. The zero-order valence-electron chi connectivity index (χ0n) is 18.5. The molecule has 2 N–H and O–H groups in total. The fraction of sp³-hybridized carbons (Fsp3) is 0.522. The summed E-state index contributed by atoms with van der Waals surface area (Å²) in [6.07, 6.45) is 5.49. The molecular weight excluding hydrogens is 396 g/mol. The third kappa shape index (κ3) is 6.15. The maximum Gasteiger partial charge on any atom is 0.304 e. The zero-order chi connectivity index (χ0) is 22.2. The number of hydrogen-bond donors (Lipinski definition) is 2. The number of methoxy groups -OCH3 is 1. The Bertz CT molecular complexity index is 853. The quantitative estimate of drug-likeness (QED) is 0.591. The second-order valence-electron chi connectivity index (χ2n) is 7.80. The summed E-state index contributed by atoms with van der Waals surface area (Å²) in [5.74, 6) is -0.368. The molecule has 8 heteroatoms. The van der Waals surface area contributed by atoms with E-state index < -0.39 is 5.97 Å². The van der Waals surface area contributed by atoms with Crippen LogP contribution in [0.2, 0.25) is 0 Å². The monoisotopic (exact) mass is 428 g/mol. The van der Waals surface area contributed by atoms with Crippen molar-refractivity contribution < 1.29 is 19.4 Å². The Balaban J connectivity index is 1.99. The number of benzene rings is 1. The van der Waals surface area contributed by atoms with Gasteiger partial charge in [-0.25, -0.2) is 9.97 Å². The van der Waals surface area contributed by atoms with Gasteiger partial charge in [-0.2, -0.15) is 0 Å². The van der Waals surface area contributed by atoms with Gasteiger partial charge in [0, 0.05) is 38.8 Å². The molecule has 0 spiro atoms. The molecule has 1 atom stereocenters. The van der Waals surface area contributed by atoms with E-state index in [9.17, 15) is 9.90 Å². The normalized spacial score (nSPS) is 15.5. The number of nitrogens with zero attached hydrogens (tertiary/aromatic N) is 3. The molecule has 31 heavy (non-hydrogen) atoms. The van der Waals surface area contributed by atoms with Gasteiger partial charge < -0.3 is 24.8 Å². The lowest BCUT2D eigenvalue weighted by atomic mass is 9.95. The number of nitrogens with one attached hydrogen (secondary N) is 1. The van der Waals surface area contributed by atoms with E-state index in [2.05, 4.69) is 33.2 Å². The van der Waals surface area contributed by atoms with Crippen molar-refractivity contribution in [2.24, 2.45) is 0 Å². The summed E-state index contributed by atoms with van der Waals surface area (Å²) in [7, 11) is 1.59. The molecule has 8 nitrogen and oxygen atoms in total. The van der Waals surface area contributed by atoms with Crippen LogP contribution in [-0.4, -0.2) is 60.6 Å². The van der Waals surface area contributed by atoms with Crippen molar-refractivity contribution in [3.05, 3.63) is 42.0 Å². The highest BCUT2D eigenvalue weighted by Crippen LogP contribution is 2.35. The number of carboxylic acids is 1. The van der Waals surface area contributed by atoms with Crippen molar-refractivity contribution in [3.63, 3.8) is 0 Å². The number of aryl methyl sites for hydroxylation is 1. The molecule has 2 heterocycles. The molecule has 1 aliphatic rings. The van der Waals surface area contributed by atoms with E-state index in [1.165, 1.54) is 0 Å². The molecule has 1 aliphatic heterocycles. The number of ether oxygens (including phenoxy) is 2. The van der Waals surface area contributed by atoms with Gasteiger partial charge in [0.05, 0.1) is 42.5 Å². The number of carboxylic acid groups (broad SMARTS) is 1. The fourth-order valence-electron chi connectivity index (χ4n) is 4.08. The Hall–Kier alpha value is -2.71. The van der Waals surface area contributed by atoms with Gasteiger partial charge in [-0.15, -0.1) is 0 Å². The van der Waals surface area contributed by atoms with E-state index in [1.807, 2.05) is 19.1 Å². The molecule has 168 valence electrons. The predicted octanol–water partition coefficient (Wildman–Crippen LogP) is 3.74. The SMILES string of the molecule is CCN(c1ccc([C@@H](COC)CC(=O)O)cc1Nc1cnc(C)nc1)C1CCOCC1. The lowest BCUT2D eigenvalue weighted by molar-refractivity contribution is -0.137. The zero-order valence-corrected chi connectivity index (χ0v) is 18.5. The van der Waals surface area contributed by atoms with Crippen LogP contribution < -0.4 is 10.2 Å². The molecule has 1 aromatic carbocycles. The summed E-state index contributed by atoms with van der Waals surface area (Å²) in [5.41, 5.74) is 3.69. The van der Waals surface area contributed by atoms with Crippen molar-refractivity contribution in [3.8, 4) is 0 Å². The van der Waals surface area contributed by atoms with Crippen molar-refractivity contribution in [1.29, 1.82) is 0 Å². The summed E-state index contributed by atoms with van der Waals surface area (Å²) in [6, 6.07) is 6.52. The fourth-order valence-corrected chi connectivity index (χ4v) is 4.08. The van der Waals surface area contributed by atoms with Gasteiger partial charge in [-0.1, -0.05) is 6.07 Å². The average Bonchev–Trinajstić information content (AvgIpc) is 2.77. The minimum Gasteiger partial charge on any atom is -0.481 e. The van der Waals surface area contributed by atoms with Crippen molar-refractivity contribution in [2.75, 3.05) is 43.7 Å². The summed E-state index contributed by atoms with van der Waals surface area (Å²) in [6.45, 7) is 6.74. The van der Waals surface area contributed by atoms with Gasteiger partial charge >= 0.3 is 5.97 Å². The minimum atomic E-state index is -0.843. The standard InChI is InChI=1S/C23H32N4O4/c1-4-27(20-7-9-31-10-8-20)22-6-5-17(18(15-30-3)12-23(28)29)11-21(22)26-19-13-24-16(2)25-14-19/h5-6,11,13-14,18,20,26H,4,7-10,12,15H2,1-3H3,(H,28,29)/t18-/m1/s1. The molecule has 0 radical (unpaired) electrons. The minimum absolute atomic E-state index is 0.0116. The van der Waals surface area contributed by atoms with Crippen LogP contribution in [-0.2, 0) is 14.3 Å². The van der Waals surface area contributed by atoms with Gasteiger partial charge in [0.25, 0.3) is 0 Å². The number of rotatable bonds is 10. The molecule has 0 bridgehead atoms. The summed E-state index contributed by atoms with van der Waals surface area (Å²) in [5, 5.41) is 12.8. The maximum atomic E-state index is 11.4. The van der Waals surface area contributed by atoms with E-state index in [0.29, 0.717) is 18.5 Å². The Morgan fingerprint density at radius 2 is 2.03 bits per heavy atom.